The van der Waals surface area contributed by atoms with E-state index in [1.165, 1.54) is 4.91 Å². The predicted octanol–water partition coefficient (Wildman–Crippen LogP) is -5.23. The number of hydrogen-bond donors (Lipinski definition) is 0. The Labute approximate surface area is 111 Å². The molecule has 0 amide bonds. The van der Waals surface area contributed by atoms with Gasteiger partial charge in [0.25, 0.3) is 0 Å². The van der Waals surface area contributed by atoms with E-state index in [1.54, 1.807) is 0 Å². The van der Waals surface area contributed by atoms with Crippen molar-refractivity contribution in [1.82, 2.24) is 0 Å². The number of carbonyl (C=O) groups excluding carboxylic acids is 1. The van der Waals surface area contributed by atoms with Gasteiger partial charge in [-0.25, -0.2) is 0 Å². The average Bonchev–Trinajstić information content (AvgIpc) is 1.39. The molecule has 0 heterocycles. The smallest absolute Gasteiger partial charge is 0.724 e. The van der Waals surface area contributed by atoms with E-state index in [9.17, 15) is 0 Å². The van der Waals surface area contributed by atoms with Crippen LogP contribution in [0, 0.1) is 0 Å². The Bertz CT molecular complexity index is 70.0. The van der Waals surface area contributed by atoms with E-state index in [1.807, 2.05) is 0 Å². The van der Waals surface area contributed by atoms with Gasteiger partial charge in [0, 0.05) is 0 Å². The number of nitrogens with zero attached hydrogens (tertiary/aromatic N) is 4. The molecule has 0 saturated carbocycles. The second kappa shape index (κ2) is 40.4. The molecule has 0 saturated heterocycles. The summed E-state index contributed by atoms with van der Waals surface area (Å²) in [6.45, 7) is 0. The first-order valence-corrected chi connectivity index (χ1v) is 0.828. The minimum Gasteiger partial charge on any atom is -0.724 e. The van der Waals surface area contributed by atoms with Gasteiger partial charge in [0.1, 0.15) is 0 Å². The third-order valence-corrected chi connectivity index (χ3v) is 0. The van der Waals surface area contributed by atoms with Gasteiger partial charge in [-0.2, -0.15) is 0 Å². The van der Waals surface area contributed by atoms with Crippen molar-refractivity contribution < 1.29 is 85.7 Å². The van der Waals surface area contributed by atoms with Gasteiger partial charge >= 0.3 is 80.9 Å². The summed E-state index contributed by atoms with van der Waals surface area (Å²) in [4.78, 5) is 9.74. The Balaban J connectivity index is -0.0000000160. The van der Waals surface area contributed by atoms with Crippen LogP contribution in [0.2, 0.25) is 0 Å². The molecule has 0 aromatic heterocycles. The third-order valence-electron chi connectivity index (χ3n) is 0. The maximum absolute atomic E-state index is 8.24. The fraction of sp³-hybridized carbons (Fsp3) is 0. The third kappa shape index (κ3) is 167. The van der Waals surface area contributed by atoms with Crippen LogP contribution in [-0.4, -0.2) is 6.08 Å². The van der Waals surface area contributed by atoms with Crippen LogP contribution in [0.3, 0.4) is 0 Å². The molecule has 8 heavy (non-hydrogen) atoms. The monoisotopic (exact) mass is 146 g/mol. The molecule has 0 rings (SSSR count). The Morgan fingerprint density at radius 1 is 1.38 bits per heavy atom. The molecular formula is CKN4NaO. The van der Waals surface area contributed by atoms with Crippen LogP contribution in [0.25, 0.3) is 21.4 Å². The van der Waals surface area contributed by atoms with E-state index in [0.29, 0.717) is 6.08 Å². The van der Waals surface area contributed by atoms with Crippen molar-refractivity contribution in [2.45, 2.75) is 0 Å². The molecule has 0 aliphatic carbocycles. The zero-order valence-corrected chi connectivity index (χ0v) is 9.82. The van der Waals surface area contributed by atoms with Gasteiger partial charge in [0.05, 0.1) is 0 Å². The number of isocyanates is 1. The van der Waals surface area contributed by atoms with Crippen LogP contribution >= 0.6 is 0 Å². The molecule has 0 bridgehead atoms. The minimum atomic E-state index is 0. The normalized spacial score (nSPS) is 2.00. The summed E-state index contributed by atoms with van der Waals surface area (Å²) >= 11 is 0. The average molecular weight is 146 g/mol. The molecule has 0 radical (unpaired) electrons. The van der Waals surface area contributed by atoms with Crippen LogP contribution < -0.4 is 80.9 Å². The Kier molecular flexibility index (Phi) is 115. The minimum absolute atomic E-state index is 0. The van der Waals surface area contributed by atoms with Crippen molar-refractivity contribution in [1.29, 1.82) is 0 Å². The van der Waals surface area contributed by atoms with Crippen molar-refractivity contribution in [2.24, 2.45) is 0 Å². The van der Waals surface area contributed by atoms with Crippen LogP contribution in [0.4, 0.5) is 0 Å². The van der Waals surface area contributed by atoms with E-state index in [0.717, 1.165) is 0 Å². The number of rotatable bonds is 0. The Hall–Kier alpha value is 1.33. The first-order chi connectivity index (χ1) is 2.83. The van der Waals surface area contributed by atoms with E-state index in [2.05, 4.69) is 0 Å². The van der Waals surface area contributed by atoms with E-state index < -0.39 is 0 Å². The Morgan fingerprint density at radius 2 is 1.38 bits per heavy atom. The number of hydrogen-bond acceptors (Lipinski definition) is 1. The molecule has 0 aromatic carbocycles. The molecular weight excluding hydrogens is 146 g/mol. The van der Waals surface area contributed by atoms with E-state index in [4.69, 9.17) is 21.3 Å². The summed E-state index contributed by atoms with van der Waals surface area (Å²) in [6.07, 6.45) is 0.500. The van der Waals surface area contributed by atoms with Gasteiger partial charge in [-0.05, 0) is 6.08 Å². The van der Waals surface area contributed by atoms with Crippen LogP contribution in [0.1, 0.15) is 0 Å². The molecule has 0 fully saturated rings. The molecule has 5 nitrogen and oxygen atoms in total. The van der Waals surface area contributed by atoms with Gasteiger partial charge in [-0.15, -0.1) is 0 Å². The molecule has 0 unspecified atom stereocenters. The van der Waals surface area contributed by atoms with Crippen LogP contribution in [0.5, 0.6) is 0 Å². The molecule has 7 heteroatoms. The molecule has 0 aliphatic heterocycles. The standard InChI is InChI=1S/CNO.K.N3.Na/c2-1-3;;1-3-2;/q-1;+1;-1;+1. The summed E-state index contributed by atoms with van der Waals surface area (Å²) in [6, 6.07) is 0. The largest absolute Gasteiger partial charge is 1.00 e. The maximum atomic E-state index is 8.24. The van der Waals surface area contributed by atoms with Crippen molar-refractivity contribution in [3.8, 4) is 0 Å². The zero-order chi connectivity index (χ0) is 5.41. The molecule has 0 atom stereocenters. The Morgan fingerprint density at radius 3 is 1.38 bits per heavy atom. The first-order valence-electron chi connectivity index (χ1n) is 0.828. The summed E-state index contributed by atoms with van der Waals surface area (Å²) in [5.41, 5.74) is 13.5. The van der Waals surface area contributed by atoms with Crippen molar-refractivity contribution >= 4 is 6.08 Å². The SMILES string of the molecule is [K+].[N-]=C=O.[N-]=[N+]=[N-].[Na+]. The van der Waals surface area contributed by atoms with E-state index >= 15 is 0 Å². The zero-order valence-electron chi connectivity index (χ0n) is 4.70. The van der Waals surface area contributed by atoms with Gasteiger partial charge < -0.3 is 16.5 Å². The fourth-order valence-electron chi connectivity index (χ4n) is 0. The van der Waals surface area contributed by atoms with Crippen LogP contribution in [0.15, 0.2) is 0 Å². The van der Waals surface area contributed by atoms with Gasteiger partial charge in [0.2, 0.25) is 0 Å². The quantitative estimate of drug-likeness (QED) is 0.0836. The summed E-state index contributed by atoms with van der Waals surface area (Å²) in [5, 5.41) is 6.76. The van der Waals surface area contributed by atoms with Crippen molar-refractivity contribution in [2.75, 3.05) is 0 Å². The fourth-order valence-corrected chi connectivity index (χ4v) is 0. The first kappa shape index (κ1) is 22.8. The second-order valence-corrected chi connectivity index (χ2v) is 0.181. The van der Waals surface area contributed by atoms with Gasteiger partial charge in [0.15, 0.2) is 0 Å². The molecule has 0 spiro atoms. The molecule has 0 aliphatic rings. The summed E-state index contributed by atoms with van der Waals surface area (Å²) < 4.78 is 0. The second-order valence-electron chi connectivity index (χ2n) is 0.181. The van der Waals surface area contributed by atoms with Gasteiger partial charge in [-0.3, -0.25) is 9.71 Å². The van der Waals surface area contributed by atoms with Crippen molar-refractivity contribution in [3.63, 3.8) is 0 Å². The molecule has 0 N–H and O–H groups in total. The van der Waals surface area contributed by atoms with E-state index in [-0.39, 0.29) is 80.9 Å². The molecule has 32 valence electrons. The summed E-state index contributed by atoms with van der Waals surface area (Å²) in [7, 11) is 0. The maximum Gasteiger partial charge on any atom is 1.00 e. The topological polar surface area (TPSA) is 98.1 Å². The predicted molar refractivity (Wildman–Crippen MR) is 19.1 cm³/mol. The van der Waals surface area contributed by atoms with Gasteiger partial charge in [-0.1, -0.05) is 0 Å². The van der Waals surface area contributed by atoms with Crippen LogP contribution in [-0.2, 0) is 4.79 Å². The summed E-state index contributed by atoms with van der Waals surface area (Å²) in [5.74, 6) is 0. The molecule has 0 aromatic rings. The van der Waals surface area contributed by atoms with Crippen molar-refractivity contribution in [3.05, 3.63) is 21.4 Å².